The Morgan fingerprint density at radius 3 is 1.11 bits per heavy atom. The lowest BCUT2D eigenvalue weighted by atomic mass is 9.99. The van der Waals surface area contributed by atoms with Gasteiger partial charge in [0.1, 0.15) is 78.3 Å². The van der Waals surface area contributed by atoms with E-state index in [9.17, 15) is 97.1 Å². The number of benzene rings is 3. The van der Waals surface area contributed by atoms with Gasteiger partial charge in [-0.15, -0.1) is 0 Å². The molecule has 0 aliphatic carbocycles. The number of nitrogens with two attached hydrogens (primary N) is 4. The molecule has 0 saturated heterocycles. The number of phenols is 1. The molecule has 42 heteroatoms. The first-order chi connectivity index (χ1) is 54.8. The Kier molecular flexibility index (Phi) is 37.5. The molecule has 5 aromatic rings. The minimum absolute atomic E-state index is 0.169. The number of H-pyrrole nitrogens is 2. The molecule has 0 radical (unpaired) electrons. The third kappa shape index (κ3) is 30.9. The van der Waals surface area contributed by atoms with Crippen LogP contribution >= 0.6 is 25.3 Å². The molecular formula is C74H100N18O22S2. The average Bonchev–Trinajstić information content (AvgIpc) is 1.65. The molecule has 2 heterocycles. The van der Waals surface area contributed by atoms with E-state index in [1.165, 1.54) is 30.5 Å². The first-order valence-corrected chi connectivity index (χ1v) is 38.0. The molecule has 0 saturated carbocycles. The van der Waals surface area contributed by atoms with Crippen molar-refractivity contribution in [3.63, 3.8) is 0 Å². The lowest BCUT2D eigenvalue weighted by molar-refractivity contribution is -0.139. The lowest BCUT2D eigenvalue weighted by Gasteiger charge is -2.29. The van der Waals surface area contributed by atoms with Crippen molar-refractivity contribution in [2.45, 2.75) is 196 Å². The molecule has 40 nitrogen and oxygen atoms in total. The molecule has 13 atom stereocenters. The zero-order valence-electron chi connectivity index (χ0n) is 63.8. The number of carbonyl (C=O) groups excluding carboxylic acids is 16. The molecule has 0 spiro atoms. The quantitative estimate of drug-likeness (QED) is 0.0163. The number of aliphatic hydroxyl groups excluding tert-OH is 1. The van der Waals surface area contributed by atoms with Crippen LogP contribution in [0, 0.1) is 5.92 Å². The molecule has 0 aliphatic rings. The standard InChI is InChI=1S/C74H100N18O22S2/c1-35(2)13-18-47(64(104)83-50(22-26-61(101)102)65(105)89-54(30-59(77)98)71(111)82-46(63(78)103)21-25-60(99)100)84-69(109)52(28-39-31-79-44-11-7-5-9-42(39)44)88-68(108)51(27-38-14-16-41(95)17-15-38)87-73(113)56(34-116)91-66(106)48(19-23-57(75)96)85-70(110)53(29-40-32-80-45-12-8-6-10-43(40)45)90-74(114)62(36(3)93)92-67(107)49(20-24-58(76)97)86-72(112)55(33-115)81-37(4)94/h5-12,14-17,31-32,35-36,46-56,62,79-80,93,95,115-116H,13,18-30,33-34H2,1-4H3,(H2,75,96)(H2,76,97)(H2,77,98)(H2,78,103)(H,81,94)(H,82,111)(H,83,104)(H,84,109)(H,85,110)(H,86,112)(H,87,113)(H,88,108)(H,89,105)(H,90,114)(H,91,106)(H,92,107)(H,99,100)(H,101,102)/t36-,46+,47+,48+,49+,50+,51+,52+,53+,54+,55+,56+,62+/m1/s1. The van der Waals surface area contributed by atoms with E-state index in [0.29, 0.717) is 38.5 Å². The first kappa shape index (κ1) is 94.3. The highest BCUT2D eigenvalue weighted by atomic mass is 32.1. The minimum Gasteiger partial charge on any atom is -0.508 e. The van der Waals surface area contributed by atoms with Crippen molar-refractivity contribution in [1.82, 2.24) is 73.8 Å². The second-order valence-corrected chi connectivity index (χ2v) is 28.6. The third-order valence-corrected chi connectivity index (χ3v) is 18.9. The SMILES string of the molecule is CC(=O)N[C@@H](CS)C(=O)N[C@@H](CCC(N)=O)C(=O)N[C@H](C(=O)N[C@@H](Cc1c[nH]c2ccccc12)C(=O)N[C@@H](CCC(N)=O)C(=O)N[C@@H](CS)C(=O)N[C@@H](Cc1ccc(O)cc1)C(=O)N[C@@H](Cc1c[nH]c2ccccc12)C(=O)N[C@@H](CCC(C)C)C(=O)N[C@@H](CCC(=O)O)C(=O)N[C@@H](CC(N)=O)C(=O)N[C@@H](CCC(=O)O)C(N)=O)[C@@H](C)O. The molecule has 0 unspecified atom stereocenters. The van der Waals surface area contributed by atoms with Gasteiger partial charge < -0.3 is 117 Å². The van der Waals surface area contributed by atoms with Crippen LogP contribution in [0.5, 0.6) is 5.75 Å². The van der Waals surface area contributed by atoms with E-state index in [-0.39, 0.29) is 43.1 Å². The van der Waals surface area contributed by atoms with Crippen LogP contribution in [-0.2, 0) is 106 Å². The summed E-state index contributed by atoms with van der Waals surface area (Å²) in [5, 5.41) is 70.6. The molecule has 16 amide bonds. The van der Waals surface area contributed by atoms with Crippen LogP contribution in [0.2, 0.25) is 0 Å². The second kappa shape index (κ2) is 46.1. The number of hydrogen-bond donors (Lipinski definition) is 24. The monoisotopic (exact) mass is 1660 g/mol. The van der Waals surface area contributed by atoms with E-state index >= 15 is 9.59 Å². The summed E-state index contributed by atoms with van der Waals surface area (Å²) in [4.78, 5) is 249. The molecule has 0 bridgehead atoms. The predicted molar refractivity (Wildman–Crippen MR) is 422 cm³/mol. The summed E-state index contributed by atoms with van der Waals surface area (Å²) in [6.45, 7) is 5.78. The zero-order valence-corrected chi connectivity index (χ0v) is 65.6. The summed E-state index contributed by atoms with van der Waals surface area (Å²) in [5.74, 6) is -21.2. The van der Waals surface area contributed by atoms with E-state index in [4.69, 9.17) is 22.9 Å². The van der Waals surface area contributed by atoms with E-state index < -0.39 is 255 Å². The molecule has 5 rings (SSSR count). The molecule has 0 fully saturated rings. The van der Waals surface area contributed by atoms with E-state index in [2.05, 4.69) is 99.0 Å². The van der Waals surface area contributed by atoms with Crippen LogP contribution in [0.3, 0.4) is 0 Å². The van der Waals surface area contributed by atoms with Crippen LogP contribution in [0.25, 0.3) is 21.8 Å². The van der Waals surface area contributed by atoms with Crippen molar-refractivity contribution in [3.05, 3.63) is 102 Å². The van der Waals surface area contributed by atoms with Crippen LogP contribution < -0.4 is 86.7 Å². The summed E-state index contributed by atoms with van der Waals surface area (Å²) in [5.41, 5.74) is 24.0. The molecule has 630 valence electrons. The van der Waals surface area contributed by atoms with Crippen LogP contribution in [0.15, 0.2) is 85.2 Å². The number of aromatic hydroxyl groups is 1. The van der Waals surface area contributed by atoms with Gasteiger partial charge in [0.05, 0.1) is 12.5 Å². The topological polar surface area (TPSA) is 668 Å². The number of rotatable bonds is 50. The number of aromatic nitrogens is 2. The Morgan fingerprint density at radius 1 is 0.379 bits per heavy atom. The summed E-state index contributed by atoms with van der Waals surface area (Å²) < 4.78 is 0. The van der Waals surface area contributed by atoms with Crippen molar-refractivity contribution < 1.29 is 107 Å². The molecule has 0 aliphatic heterocycles. The van der Waals surface area contributed by atoms with Crippen molar-refractivity contribution in [2.75, 3.05) is 11.5 Å². The Hall–Kier alpha value is -12.3. The fraction of sp³-hybridized carbons (Fsp3) is 0.459. The normalized spacial score (nSPS) is 14.5. The van der Waals surface area contributed by atoms with Gasteiger partial charge in [0.2, 0.25) is 94.5 Å². The lowest BCUT2D eigenvalue weighted by Crippen LogP contribution is -2.62. The van der Waals surface area contributed by atoms with E-state index in [1.807, 2.05) is 0 Å². The number of aliphatic carboxylic acids is 2. The summed E-state index contributed by atoms with van der Waals surface area (Å²) in [7, 11) is 0. The fourth-order valence-corrected chi connectivity index (χ4v) is 12.4. The maximum Gasteiger partial charge on any atom is 0.303 e. The number of aliphatic hydroxyl groups is 1. The molecule has 2 aromatic heterocycles. The predicted octanol–water partition coefficient (Wildman–Crippen LogP) is -4.48. The van der Waals surface area contributed by atoms with Crippen molar-refractivity contribution in [2.24, 2.45) is 28.9 Å². The minimum atomic E-state index is -1.93. The highest BCUT2D eigenvalue weighted by Crippen LogP contribution is 2.23. The van der Waals surface area contributed by atoms with Crippen molar-refractivity contribution >= 4 is 154 Å². The van der Waals surface area contributed by atoms with Gasteiger partial charge in [-0.05, 0) is 92.3 Å². The van der Waals surface area contributed by atoms with Gasteiger partial charge in [-0.2, -0.15) is 25.3 Å². The van der Waals surface area contributed by atoms with Crippen LogP contribution in [0.4, 0.5) is 0 Å². The van der Waals surface area contributed by atoms with Gasteiger partial charge in [0, 0.05) is 97.6 Å². The molecule has 26 N–H and O–H groups in total. The number of carboxylic acid groups (broad SMARTS) is 2. The number of carbonyl (C=O) groups is 18. The summed E-state index contributed by atoms with van der Waals surface area (Å²) in [6.07, 6.45) is -5.42. The zero-order chi connectivity index (χ0) is 86.2. The van der Waals surface area contributed by atoms with Gasteiger partial charge >= 0.3 is 11.9 Å². The van der Waals surface area contributed by atoms with E-state index in [0.717, 1.165) is 13.8 Å². The number of hydrogen-bond acceptors (Lipinski definition) is 22. The number of carboxylic acids is 2. The van der Waals surface area contributed by atoms with Gasteiger partial charge in [-0.1, -0.05) is 62.4 Å². The van der Waals surface area contributed by atoms with Crippen molar-refractivity contribution in [3.8, 4) is 5.75 Å². The largest absolute Gasteiger partial charge is 0.508 e. The average molecular weight is 1660 g/mol. The molecular weight excluding hydrogens is 1560 g/mol. The Bertz CT molecular complexity index is 4380. The Morgan fingerprint density at radius 2 is 0.716 bits per heavy atom. The smallest absolute Gasteiger partial charge is 0.303 e. The Labute approximate surface area is 675 Å². The second-order valence-electron chi connectivity index (χ2n) is 27.9. The summed E-state index contributed by atoms with van der Waals surface area (Å²) >= 11 is 8.44. The number of thiol groups is 2. The third-order valence-electron chi connectivity index (χ3n) is 18.1. The molecule has 3 aromatic carbocycles. The number of primary amides is 4. The maximum atomic E-state index is 15.2. The maximum absolute atomic E-state index is 15.2. The van der Waals surface area contributed by atoms with Crippen LogP contribution in [0.1, 0.15) is 115 Å². The number of nitrogens with one attached hydrogen (secondary N) is 14. The van der Waals surface area contributed by atoms with E-state index in [1.54, 1.807) is 68.6 Å². The van der Waals surface area contributed by atoms with Gasteiger partial charge in [0.15, 0.2) is 0 Å². The van der Waals surface area contributed by atoms with Gasteiger partial charge in [-0.3, -0.25) is 86.3 Å². The Balaban J connectivity index is 1.48. The van der Waals surface area contributed by atoms with Crippen LogP contribution in [-0.4, -0.2) is 227 Å². The molecule has 116 heavy (non-hydrogen) atoms. The highest BCUT2D eigenvalue weighted by molar-refractivity contribution is 7.80. The highest BCUT2D eigenvalue weighted by Gasteiger charge is 2.39. The fourth-order valence-electron chi connectivity index (χ4n) is 11.9. The van der Waals surface area contributed by atoms with Gasteiger partial charge in [0.25, 0.3) is 0 Å². The number of amides is 16. The number of phenolic OH excluding ortho intramolecular Hbond substituents is 1. The van der Waals surface area contributed by atoms with Gasteiger partial charge in [-0.25, -0.2) is 0 Å². The number of aromatic amines is 2. The van der Waals surface area contributed by atoms with Crippen molar-refractivity contribution in [1.29, 1.82) is 0 Å². The number of para-hydroxylation sites is 2. The number of fused-ring (bicyclic) bond motifs is 2. The first-order valence-electron chi connectivity index (χ1n) is 36.7. The summed E-state index contributed by atoms with van der Waals surface area (Å²) in [6, 6.07) is -1.54.